The second-order valence-corrected chi connectivity index (χ2v) is 5.37. The molecule has 0 spiro atoms. The molecule has 1 fully saturated rings. The van der Waals surface area contributed by atoms with Crippen LogP contribution in [0.15, 0.2) is 24.3 Å². The Labute approximate surface area is 104 Å². The Morgan fingerprint density at radius 1 is 1.41 bits per heavy atom. The van der Waals surface area contributed by atoms with Gasteiger partial charge in [-0.15, -0.1) is 0 Å². The summed E-state index contributed by atoms with van der Waals surface area (Å²) in [4.78, 5) is 0. The van der Waals surface area contributed by atoms with Gasteiger partial charge in [0.15, 0.2) is 0 Å². The van der Waals surface area contributed by atoms with Gasteiger partial charge in [-0.1, -0.05) is 31.5 Å². The van der Waals surface area contributed by atoms with Gasteiger partial charge in [-0.25, -0.2) is 0 Å². The minimum absolute atomic E-state index is 0.0185. The molecule has 94 valence electrons. The molecule has 0 aromatic heterocycles. The van der Waals surface area contributed by atoms with Gasteiger partial charge in [0.2, 0.25) is 0 Å². The number of hydrogen-bond donors (Lipinski definition) is 1. The Morgan fingerprint density at radius 2 is 2.18 bits per heavy atom. The molecule has 0 radical (unpaired) electrons. The van der Waals surface area contributed by atoms with E-state index in [2.05, 4.69) is 19.1 Å². The third-order valence-corrected chi connectivity index (χ3v) is 4.06. The van der Waals surface area contributed by atoms with Crippen LogP contribution in [-0.2, 0) is 6.42 Å². The second kappa shape index (κ2) is 5.09. The van der Waals surface area contributed by atoms with Crippen LogP contribution in [0.2, 0.25) is 0 Å². The number of hydrogen-bond acceptors (Lipinski definition) is 2. The summed E-state index contributed by atoms with van der Waals surface area (Å²) in [6, 6.07) is 8.22. The van der Waals surface area contributed by atoms with Crippen molar-refractivity contribution in [2.45, 2.75) is 44.6 Å². The van der Waals surface area contributed by atoms with Crippen LogP contribution < -0.4 is 10.5 Å². The first-order valence-electron chi connectivity index (χ1n) is 6.57. The molecule has 0 saturated heterocycles. The molecule has 1 aliphatic rings. The first-order chi connectivity index (χ1) is 8.17. The monoisotopic (exact) mass is 233 g/mol. The highest BCUT2D eigenvalue weighted by molar-refractivity contribution is 5.34. The van der Waals surface area contributed by atoms with Crippen molar-refractivity contribution in [2.75, 3.05) is 7.11 Å². The standard InChI is InChI=1S/C15H23NO/c1-3-12-8-9-15(16,10-12)11-13-6-4-5-7-14(13)17-2/h4-7,12H,3,8-11,16H2,1-2H3. The van der Waals surface area contributed by atoms with Crippen LogP contribution in [-0.4, -0.2) is 12.6 Å². The van der Waals surface area contributed by atoms with E-state index in [0.717, 1.165) is 30.9 Å². The first kappa shape index (κ1) is 12.4. The van der Waals surface area contributed by atoms with Gasteiger partial charge in [-0.2, -0.15) is 0 Å². The number of para-hydroxylation sites is 1. The molecule has 2 atom stereocenters. The molecule has 0 aliphatic heterocycles. The molecule has 1 aromatic rings. The van der Waals surface area contributed by atoms with Crippen molar-refractivity contribution in [3.05, 3.63) is 29.8 Å². The van der Waals surface area contributed by atoms with E-state index in [1.54, 1.807) is 7.11 Å². The van der Waals surface area contributed by atoms with Gasteiger partial charge in [0.1, 0.15) is 5.75 Å². The average molecular weight is 233 g/mol. The predicted octanol–water partition coefficient (Wildman–Crippen LogP) is 3.15. The van der Waals surface area contributed by atoms with E-state index < -0.39 is 0 Å². The fourth-order valence-electron chi connectivity index (χ4n) is 3.01. The highest BCUT2D eigenvalue weighted by atomic mass is 16.5. The summed E-state index contributed by atoms with van der Waals surface area (Å²) in [6.45, 7) is 2.26. The van der Waals surface area contributed by atoms with Crippen LogP contribution in [0.5, 0.6) is 5.75 Å². The van der Waals surface area contributed by atoms with Crippen molar-refractivity contribution < 1.29 is 4.74 Å². The van der Waals surface area contributed by atoms with E-state index in [9.17, 15) is 0 Å². The predicted molar refractivity (Wildman–Crippen MR) is 71.2 cm³/mol. The average Bonchev–Trinajstić information content (AvgIpc) is 2.72. The van der Waals surface area contributed by atoms with E-state index >= 15 is 0 Å². The molecular weight excluding hydrogens is 210 g/mol. The minimum atomic E-state index is -0.0185. The molecule has 0 amide bonds. The smallest absolute Gasteiger partial charge is 0.122 e. The lowest BCUT2D eigenvalue weighted by atomic mass is 9.88. The molecular formula is C15H23NO. The van der Waals surface area contributed by atoms with Gasteiger partial charge >= 0.3 is 0 Å². The Hall–Kier alpha value is -1.02. The highest BCUT2D eigenvalue weighted by Gasteiger charge is 2.35. The maximum atomic E-state index is 6.53. The normalized spacial score (nSPS) is 28.3. The van der Waals surface area contributed by atoms with Crippen molar-refractivity contribution in [3.63, 3.8) is 0 Å². The Bertz CT molecular complexity index is 377. The molecule has 2 N–H and O–H groups in total. The topological polar surface area (TPSA) is 35.2 Å². The van der Waals surface area contributed by atoms with Gasteiger partial charge in [0.05, 0.1) is 7.11 Å². The molecule has 2 rings (SSSR count). The molecule has 2 heteroatoms. The SMILES string of the molecule is CCC1CCC(N)(Cc2ccccc2OC)C1. The fourth-order valence-corrected chi connectivity index (χ4v) is 3.01. The zero-order valence-electron chi connectivity index (χ0n) is 10.9. The molecule has 1 aliphatic carbocycles. The fraction of sp³-hybridized carbons (Fsp3) is 0.600. The van der Waals surface area contributed by atoms with Crippen LogP contribution in [0.4, 0.5) is 0 Å². The summed E-state index contributed by atoms with van der Waals surface area (Å²) in [6.07, 6.45) is 5.77. The Balaban J connectivity index is 2.10. The Morgan fingerprint density at radius 3 is 2.82 bits per heavy atom. The number of benzene rings is 1. The lowest BCUT2D eigenvalue weighted by molar-refractivity contribution is 0.381. The molecule has 1 saturated carbocycles. The van der Waals surface area contributed by atoms with Crippen LogP contribution in [0.1, 0.15) is 38.2 Å². The Kier molecular flexibility index (Phi) is 3.72. The van der Waals surface area contributed by atoms with Crippen LogP contribution in [0.3, 0.4) is 0 Å². The zero-order chi connectivity index (χ0) is 12.3. The number of methoxy groups -OCH3 is 1. The third-order valence-electron chi connectivity index (χ3n) is 4.06. The van der Waals surface area contributed by atoms with Crippen molar-refractivity contribution >= 4 is 0 Å². The summed E-state index contributed by atoms with van der Waals surface area (Å²) >= 11 is 0. The zero-order valence-corrected chi connectivity index (χ0v) is 10.9. The molecule has 1 aromatic carbocycles. The van der Waals surface area contributed by atoms with Crippen LogP contribution in [0, 0.1) is 5.92 Å². The number of rotatable bonds is 4. The highest BCUT2D eigenvalue weighted by Crippen LogP contribution is 2.38. The van der Waals surface area contributed by atoms with Gasteiger partial charge < -0.3 is 10.5 Å². The van der Waals surface area contributed by atoms with Crippen molar-refractivity contribution in [2.24, 2.45) is 11.7 Å². The van der Waals surface area contributed by atoms with Crippen molar-refractivity contribution in [1.82, 2.24) is 0 Å². The molecule has 17 heavy (non-hydrogen) atoms. The van der Waals surface area contributed by atoms with Gasteiger partial charge in [0, 0.05) is 5.54 Å². The summed E-state index contributed by atoms with van der Waals surface area (Å²) in [5.74, 6) is 1.78. The molecule has 2 unspecified atom stereocenters. The van der Waals surface area contributed by atoms with E-state index in [1.807, 2.05) is 12.1 Å². The third kappa shape index (κ3) is 2.81. The summed E-state index contributed by atoms with van der Waals surface area (Å²) in [5.41, 5.74) is 7.75. The first-order valence-corrected chi connectivity index (χ1v) is 6.57. The van der Waals surface area contributed by atoms with Gasteiger partial charge in [0.25, 0.3) is 0 Å². The summed E-state index contributed by atoms with van der Waals surface area (Å²) < 4.78 is 5.40. The summed E-state index contributed by atoms with van der Waals surface area (Å²) in [7, 11) is 1.73. The lowest BCUT2D eigenvalue weighted by Gasteiger charge is -2.25. The van der Waals surface area contributed by atoms with Crippen LogP contribution >= 0.6 is 0 Å². The second-order valence-electron chi connectivity index (χ2n) is 5.37. The molecule has 0 bridgehead atoms. The quantitative estimate of drug-likeness (QED) is 0.867. The maximum Gasteiger partial charge on any atom is 0.122 e. The number of nitrogens with two attached hydrogens (primary N) is 1. The largest absolute Gasteiger partial charge is 0.496 e. The minimum Gasteiger partial charge on any atom is -0.496 e. The van der Waals surface area contributed by atoms with Gasteiger partial charge in [-0.05, 0) is 43.2 Å². The van der Waals surface area contributed by atoms with Crippen molar-refractivity contribution in [3.8, 4) is 5.75 Å². The maximum absolute atomic E-state index is 6.53. The molecule has 0 heterocycles. The molecule has 2 nitrogen and oxygen atoms in total. The van der Waals surface area contributed by atoms with Gasteiger partial charge in [-0.3, -0.25) is 0 Å². The van der Waals surface area contributed by atoms with E-state index in [4.69, 9.17) is 10.5 Å². The van der Waals surface area contributed by atoms with Crippen LogP contribution in [0.25, 0.3) is 0 Å². The van der Waals surface area contributed by atoms with E-state index in [-0.39, 0.29) is 5.54 Å². The number of ether oxygens (including phenoxy) is 1. The van der Waals surface area contributed by atoms with E-state index in [1.165, 1.54) is 18.4 Å². The van der Waals surface area contributed by atoms with Crippen molar-refractivity contribution in [1.29, 1.82) is 0 Å². The summed E-state index contributed by atoms with van der Waals surface area (Å²) in [5, 5.41) is 0. The lowest BCUT2D eigenvalue weighted by Crippen LogP contribution is -2.39. The van der Waals surface area contributed by atoms with E-state index in [0.29, 0.717) is 0 Å².